The molecule has 0 atom stereocenters. The smallest absolute Gasteiger partial charge is 0.309 e. The van der Waals surface area contributed by atoms with Gasteiger partial charge in [-0.1, -0.05) is 12.1 Å². The summed E-state index contributed by atoms with van der Waals surface area (Å²) in [5.74, 6) is -0.548. The molecule has 2 amide bonds. The number of esters is 1. The Morgan fingerprint density at radius 3 is 2.56 bits per heavy atom. The molecule has 1 saturated heterocycles. The van der Waals surface area contributed by atoms with Crippen LogP contribution in [-0.4, -0.2) is 54.5 Å². The van der Waals surface area contributed by atoms with Crippen LogP contribution in [-0.2, 0) is 19.1 Å². The summed E-state index contributed by atoms with van der Waals surface area (Å²) >= 11 is 0. The highest BCUT2D eigenvalue weighted by Crippen LogP contribution is 2.36. The Morgan fingerprint density at radius 1 is 1.22 bits per heavy atom. The average Bonchev–Trinajstić information content (AvgIpc) is 2.63. The molecule has 1 fully saturated rings. The molecule has 1 N–H and O–H groups in total. The Balaban J connectivity index is 1.69. The summed E-state index contributed by atoms with van der Waals surface area (Å²) in [5, 5.41) is 2.87. The number of nitrogens with one attached hydrogen (secondary N) is 1. The molecular formula is C20H27N3O4. The third-order valence-corrected chi connectivity index (χ3v) is 5.32. The van der Waals surface area contributed by atoms with E-state index in [1.54, 1.807) is 31.7 Å². The summed E-state index contributed by atoms with van der Waals surface area (Å²) in [4.78, 5) is 41.1. The number of nitrogens with zero attached hydrogens (tertiary/aromatic N) is 2. The molecule has 1 aromatic carbocycles. The maximum absolute atomic E-state index is 13.1. The lowest BCUT2D eigenvalue weighted by molar-refractivity contribution is -0.149. The van der Waals surface area contributed by atoms with E-state index in [0.29, 0.717) is 43.9 Å². The highest BCUT2D eigenvalue weighted by Gasteiger charge is 2.43. The number of amides is 2. The van der Waals surface area contributed by atoms with Gasteiger partial charge in [-0.25, -0.2) is 0 Å². The summed E-state index contributed by atoms with van der Waals surface area (Å²) in [6, 6.07) is 7.34. The molecule has 146 valence electrons. The Morgan fingerprint density at radius 2 is 1.89 bits per heavy atom. The fraction of sp³-hybridized carbons (Fsp3) is 0.550. The molecule has 1 aromatic rings. The Bertz CT molecular complexity index is 738. The van der Waals surface area contributed by atoms with Crippen LogP contribution in [0.25, 0.3) is 0 Å². The third-order valence-electron chi connectivity index (χ3n) is 5.32. The highest BCUT2D eigenvalue weighted by molar-refractivity contribution is 6.14. The van der Waals surface area contributed by atoms with Crippen molar-refractivity contribution >= 4 is 29.2 Å². The quantitative estimate of drug-likeness (QED) is 0.817. The van der Waals surface area contributed by atoms with E-state index in [0.717, 1.165) is 0 Å². The first kappa shape index (κ1) is 19.4. The van der Waals surface area contributed by atoms with Crippen LogP contribution in [0.4, 0.5) is 11.4 Å². The largest absolute Gasteiger partial charge is 0.466 e. The fourth-order valence-corrected chi connectivity index (χ4v) is 3.75. The van der Waals surface area contributed by atoms with Gasteiger partial charge in [0, 0.05) is 0 Å². The minimum Gasteiger partial charge on any atom is -0.466 e. The van der Waals surface area contributed by atoms with Gasteiger partial charge in [0.05, 0.1) is 30.4 Å². The average molecular weight is 373 g/mol. The van der Waals surface area contributed by atoms with Gasteiger partial charge in [-0.2, -0.15) is 0 Å². The molecule has 7 nitrogen and oxygen atoms in total. The number of hydrogen-bond acceptors (Lipinski definition) is 5. The molecule has 0 spiro atoms. The van der Waals surface area contributed by atoms with Gasteiger partial charge in [0.25, 0.3) is 0 Å². The Labute approximate surface area is 159 Å². The van der Waals surface area contributed by atoms with Gasteiger partial charge < -0.3 is 10.1 Å². The van der Waals surface area contributed by atoms with Crippen LogP contribution in [0.15, 0.2) is 24.3 Å². The van der Waals surface area contributed by atoms with Crippen molar-refractivity contribution < 1.29 is 19.1 Å². The molecule has 2 heterocycles. The van der Waals surface area contributed by atoms with E-state index in [9.17, 15) is 14.4 Å². The second-order valence-corrected chi connectivity index (χ2v) is 7.56. The second kappa shape index (κ2) is 7.68. The summed E-state index contributed by atoms with van der Waals surface area (Å²) in [6.07, 6.45) is 1.37. The third kappa shape index (κ3) is 3.83. The lowest BCUT2D eigenvalue weighted by Crippen LogP contribution is -2.60. The first-order valence-corrected chi connectivity index (χ1v) is 9.47. The number of benzene rings is 1. The molecule has 0 radical (unpaired) electrons. The SMILES string of the molecule is CCOC(=O)C1CCN(CC(=O)N2c3ccccc3NC(=O)C2(C)C)CC1. The number of carbonyl (C=O) groups excluding carboxylic acids is 3. The van der Waals surface area contributed by atoms with Crippen molar-refractivity contribution in [3.63, 3.8) is 0 Å². The van der Waals surface area contributed by atoms with Gasteiger partial charge in [0.1, 0.15) is 5.54 Å². The molecule has 7 heteroatoms. The van der Waals surface area contributed by atoms with Gasteiger partial charge in [-0.05, 0) is 58.8 Å². The minimum atomic E-state index is -0.964. The number of carbonyl (C=O) groups is 3. The van der Waals surface area contributed by atoms with Crippen LogP contribution >= 0.6 is 0 Å². The van der Waals surface area contributed by atoms with E-state index >= 15 is 0 Å². The number of ether oxygens (including phenoxy) is 1. The number of piperidine rings is 1. The van der Waals surface area contributed by atoms with Crippen molar-refractivity contribution in [2.45, 2.75) is 39.2 Å². The first-order valence-electron chi connectivity index (χ1n) is 9.47. The van der Waals surface area contributed by atoms with Crippen molar-refractivity contribution in [1.82, 2.24) is 4.90 Å². The molecule has 0 unspecified atom stereocenters. The summed E-state index contributed by atoms with van der Waals surface area (Å²) < 4.78 is 5.09. The van der Waals surface area contributed by atoms with E-state index in [-0.39, 0.29) is 30.2 Å². The van der Waals surface area contributed by atoms with Gasteiger partial charge in [-0.3, -0.25) is 24.2 Å². The van der Waals surface area contributed by atoms with Gasteiger partial charge in [0.2, 0.25) is 11.8 Å². The molecule has 0 aliphatic carbocycles. The van der Waals surface area contributed by atoms with Crippen molar-refractivity contribution in [2.75, 3.05) is 36.5 Å². The fourth-order valence-electron chi connectivity index (χ4n) is 3.75. The Hall–Kier alpha value is -2.41. The topological polar surface area (TPSA) is 79.0 Å². The first-order chi connectivity index (χ1) is 12.8. The van der Waals surface area contributed by atoms with Crippen molar-refractivity contribution in [2.24, 2.45) is 5.92 Å². The monoisotopic (exact) mass is 373 g/mol. The Kier molecular flexibility index (Phi) is 5.51. The second-order valence-electron chi connectivity index (χ2n) is 7.56. The molecule has 0 aromatic heterocycles. The van der Waals surface area contributed by atoms with Crippen LogP contribution in [0.5, 0.6) is 0 Å². The zero-order chi connectivity index (χ0) is 19.6. The molecule has 27 heavy (non-hydrogen) atoms. The van der Waals surface area contributed by atoms with E-state index in [1.165, 1.54) is 0 Å². The van der Waals surface area contributed by atoms with Gasteiger partial charge >= 0.3 is 5.97 Å². The van der Waals surface area contributed by atoms with Gasteiger partial charge in [0.15, 0.2) is 0 Å². The maximum Gasteiger partial charge on any atom is 0.309 e. The van der Waals surface area contributed by atoms with Crippen molar-refractivity contribution in [3.8, 4) is 0 Å². The van der Waals surface area contributed by atoms with Crippen LogP contribution < -0.4 is 10.2 Å². The molecule has 2 aliphatic heterocycles. The summed E-state index contributed by atoms with van der Waals surface area (Å²) in [6.45, 7) is 7.25. The predicted octanol–water partition coefficient (Wildman–Crippen LogP) is 2.03. The summed E-state index contributed by atoms with van der Waals surface area (Å²) in [5.41, 5.74) is 0.402. The zero-order valence-corrected chi connectivity index (χ0v) is 16.2. The highest BCUT2D eigenvalue weighted by atomic mass is 16.5. The van der Waals surface area contributed by atoms with Crippen LogP contribution in [0.1, 0.15) is 33.6 Å². The lowest BCUT2D eigenvalue weighted by atomic mass is 9.95. The molecule has 0 saturated carbocycles. The number of rotatable bonds is 4. The number of para-hydroxylation sites is 2. The van der Waals surface area contributed by atoms with Gasteiger partial charge in [-0.15, -0.1) is 0 Å². The van der Waals surface area contributed by atoms with E-state index < -0.39 is 5.54 Å². The predicted molar refractivity (Wildman–Crippen MR) is 102 cm³/mol. The molecule has 3 rings (SSSR count). The van der Waals surface area contributed by atoms with E-state index in [2.05, 4.69) is 5.32 Å². The van der Waals surface area contributed by atoms with Crippen molar-refractivity contribution in [1.29, 1.82) is 0 Å². The standard InChI is InChI=1S/C20H27N3O4/c1-4-27-18(25)14-9-11-22(12-10-14)13-17(24)23-16-8-6-5-7-15(16)21-19(26)20(23,2)3/h5-8,14H,4,9-13H2,1-3H3,(H,21,26). The maximum atomic E-state index is 13.1. The minimum absolute atomic E-state index is 0.0887. The number of fused-ring (bicyclic) bond motifs is 1. The van der Waals surface area contributed by atoms with Crippen LogP contribution in [0.3, 0.4) is 0 Å². The lowest BCUT2D eigenvalue weighted by Gasteiger charge is -2.43. The number of hydrogen-bond donors (Lipinski definition) is 1. The number of anilines is 2. The van der Waals surface area contributed by atoms with Crippen molar-refractivity contribution in [3.05, 3.63) is 24.3 Å². The molecule has 2 aliphatic rings. The molecular weight excluding hydrogens is 346 g/mol. The molecule has 0 bridgehead atoms. The normalized spacial score (nSPS) is 20.0. The summed E-state index contributed by atoms with van der Waals surface area (Å²) in [7, 11) is 0. The van der Waals surface area contributed by atoms with Crippen LogP contribution in [0.2, 0.25) is 0 Å². The number of likely N-dealkylation sites (tertiary alicyclic amines) is 1. The van der Waals surface area contributed by atoms with E-state index in [4.69, 9.17) is 4.74 Å². The zero-order valence-electron chi connectivity index (χ0n) is 16.2. The van der Waals surface area contributed by atoms with E-state index in [1.807, 2.05) is 23.1 Å². The van der Waals surface area contributed by atoms with Crippen LogP contribution in [0, 0.1) is 5.92 Å².